The van der Waals surface area contributed by atoms with Gasteiger partial charge in [-0.3, -0.25) is 4.79 Å². The molecule has 4 rings (SSSR count). The molecule has 0 saturated carbocycles. The number of nitrogens with zero attached hydrogens (tertiary/aromatic N) is 1. The van der Waals surface area contributed by atoms with Gasteiger partial charge >= 0.3 is 0 Å². The van der Waals surface area contributed by atoms with Crippen LogP contribution in [0.25, 0.3) is 11.3 Å². The highest BCUT2D eigenvalue weighted by atomic mass is 16.5. The molecule has 1 aliphatic rings. The molecule has 6 heteroatoms. The van der Waals surface area contributed by atoms with E-state index in [9.17, 15) is 9.90 Å². The number of benzene rings is 2. The van der Waals surface area contributed by atoms with Crippen molar-refractivity contribution in [3.63, 3.8) is 0 Å². The minimum Gasteiger partial charge on any atom is -0.494 e. The molecule has 0 spiro atoms. The minimum absolute atomic E-state index is 0.0442. The van der Waals surface area contributed by atoms with Crippen molar-refractivity contribution in [2.75, 3.05) is 13.2 Å². The van der Waals surface area contributed by atoms with Crippen molar-refractivity contribution in [2.24, 2.45) is 4.99 Å². The number of carbonyl (C=O) groups is 1. The van der Waals surface area contributed by atoms with Crippen LogP contribution in [0.1, 0.15) is 241 Å². The lowest BCUT2D eigenvalue weighted by Gasteiger charge is -2.08. The van der Waals surface area contributed by atoms with Crippen molar-refractivity contribution in [1.29, 1.82) is 0 Å². The molecule has 6 nitrogen and oxygen atoms in total. The average molecular weight is 825 g/mol. The molecule has 60 heavy (non-hydrogen) atoms. The minimum atomic E-state index is -0.348. The van der Waals surface area contributed by atoms with Gasteiger partial charge in [0.25, 0.3) is 5.91 Å². The summed E-state index contributed by atoms with van der Waals surface area (Å²) in [5.41, 5.74) is 3.51. The third kappa shape index (κ3) is 19.0. The van der Waals surface area contributed by atoms with E-state index in [1.165, 1.54) is 193 Å². The zero-order valence-electron chi connectivity index (χ0n) is 38.3. The second-order valence-electron chi connectivity index (χ2n) is 17.7. The van der Waals surface area contributed by atoms with Crippen molar-refractivity contribution in [1.82, 2.24) is 4.98 Å². The molecular weight excluding hydrogens is 741 g/mol. The summed E-state index contributed by atoms with van der Waals surface area (Å²) in [5.74, 6) is 1.23. The lowest BCUT2D eigenvalue weighted by molar-refractivity contribution is 0.101. The van der Waals surface area contributed by atoms with Gasteiger partial charge in [-0.2, -0.15) is 0 Å². The average Bonchev–Trinajstić information content (AvgIpc) is 3.80. The Morgan fingerprint density at radius 3 is 1.10 bits per heavy atom. The molecule has 3 aromatic rings. The first-order chi connectivity index (χ1) is 29.6. The van der Waals surface area contributed by atoms with Gasteiger partial charge in [-0.25, -0.2) is 4.99 Å². The second kappa shape index (κ2) is 31.3. The maximum atomic E-state index is 13.2. The number of aromatic hydroxyl groups is 1. The van der Waals surface area contributed by atoms with Crippen LogP contribution < -0.4 is 9.47 Å². The lowest BCUT2D eigenvalue weighted by Crippen LogP contribution is -2.01. The van der Waals surface area contributed by atoms with Gasteiger partial charge in [0.15, 0.2) is 5.88 Å². The Hall–Kier alpha value is -3.54. The van der Waals surface area contributed by atoms with Crippen LogP contribution >= 0.6 is 0 Å². The van der Waals surface area contributed by atoms with Crippen molar-refractivity contribution >= 4 is 11.6 Å². The fraction of sp³-hybridized carbons (Fsp3) is 0.667. The Morgan fingerprint density at radius 2 is 0.750 bits per heavy atom. The summed E-state index contributed by atoms with van der Waals surface area (Å²) < 4.78 is 12.1. The molecule has 2 heterocycles. The van der Waals surface area contributed by atoms with Gasteiger partial charge in [-0.15, -0.1) is 0 Å². The van der Waals surface area contributed by atoms with Gasteiger partial charge in [0.1, 0.15) is 11.5 Å². The third-order valence-corrected chi connectivity index (χ3v) is 12.4. The number of carbonyl (C=O) groups excluding carboxylic acids is 1. The maximum Gasteiger partial charge on any atom is 0.280 e. The van der Waals surface area contributed by atoms with E-state index in [0.29, 0.717) is 35.7 Å². The van der Waals surface area contributed by atoms with Crippen LogP contribution in [-0.4, -0.2) is 34.9 Å². The van der Waals surface area contributed by atoms with E-state index in [0.717, 1.165) is 35.5 Å². The molecule has 1 aromatic heterocycles. The largest absolute Gasteiger partial charge is 0.494 e. The SMILES string of the molecule is CCCCCCCCCCCCCCCCCCOc1ccc(C2=NC(=O)c3c(-c4ccc(OCCCCCCCCCCCCCCCCCC)cc4)[nH]c(O)c32)cc1. The molecule has 2 N–H and O–H groups in total. The van der Waals surface area contributed by atoms with Gasteiger partial charge in [-0.1, -0.05) is 206 Å². The van der Waals surface area contributed by atoms with E-state index in [4.69, 9.17) is 9.47 Å². The smallest absolute Gasteiger partial charge is 0.280 e. The first kappa shape index (κ1) is 49.1. The molecule has 0 fully saturated rings. The predicted molar refractivity (Wildman–Crippen MR) is 254 cm³/mol. The Balaban J connectivity index is 1.05. The first-order valence-corrected chi connectivity index (χ1v) is 25.2. The summed E-state index contributed by atoms with van der Waals surface area (Å²) in [7, 11) is 0. The predicted octanol–water partition coefficient (Wildman–Crippen LogP) is 16.7. The summed E-state index contributed by atoms with van der Waals surface area (Å²) in [6.45, 7) is 5.98. The Kier molecular flexibility index (Phi) is 25.6. The van der Waals surface area contributed by atoms with E-state index in [1.807, 2.05) is 48.5 Å². The monoisotopic (exact) mass is 825 g/mol. The van der Waals surface area contributed by atoms with Crippen LogP contribution in [0.2, 0.25) is 0 Å². The number of aliphatic imine (C=N–C) groups is 1. The molecule has 0 unspecified atom stereocenters. The summed E-state index contributed by atoms with van der Waals surface area (Å²) >= 11 is 0. The van der Waals surface area contributed by atoms with Gasteiger partial charge in [0.2, 0.25) is 0 Å². The van der Waals surface area contributed by atoms with E-state index >= 15 is 0 Å². The lowest BCUT2D eigenvalue weighted by atomic mass is 10.00. The number of H-pyrrole nitrogens is 1. The molecule has 334 valence electrons. The topological polar surface area (TPSA) is 83.9 Å². The van der Waals surface area contributed by atoms with Crippen LogP contribution in [0.3, 0.4) is 0 Å². The van der Waals surface area contributed by atoms with Gasteiger partial charge in [-0.05, 0) is 66.9 Å². The van der Waals surface area contributed by atoms with Crippen LogP contribution in [-0.2, 0) is 0 Å². The van der Waals surface area contributed by atoms with Crippen molar-refractivity contribution in [3.8, 4) is 28.6 Å². The molecule has 0 radical (unpaired) electrons. The van der Waals surface area contributed by atoms with Gasteiger partial charge in [0.05, 0.1) is 35.7 Å². The Labute approximate surface area is 366 Å². The molecule has 1 amide bonds. The van der Waals surface area contributed by atoms with E-state index in [1.54, 1.807) is 0 Å². The van der Waals surface area contributed by atoms with E-state index in [-0.39, 0.29) is 11.8 Å². The Morgan fingerprint density at radius 1 is 0.433 bits per heavy atom. The number of hydrogen-bond donors (Lipinski definition) is 2. The number of unbranched alkanes of at least 4 members (excludes halogenated alkanes) is 30. The summed E-state index contributed by atoms with van der Waals surface area (Å²) in [5, 5.41) is 11.0. The first-order valence-electron chi connectivity index (χ1n) is 25.2. The number of hydrogen-bond acceptors (Lipinski definition) is 4. The number of aromatic amines is 1. The highest BCUT2D eigenvalue weighted by molar-refractivity contribution is 6.30. The highest BCUT2D eigenvalue weighted by Crippen LogP contribution is 2.38. The summed E-state index contributed by atoms with van der Waals surface area (Å²) in [6.07, 6.45) is 43.4. The molecule has 1 aliphatic heterocycles. The fourth-order valence-electron chi connectivity index (χ4n) is 8.68. The number of fused-ring (bicyclic) bond motifs is 1. The van der Waals surface area contributed by atoms with Crippen LogP contribution in [0, 0.1) is 0 Å². The molecule has 0 aliphatic carbocycles. The normalized spacial score (nSPS) is 12.3. The zero-order valence-corrected chi connectivity index (χ0v) is 38.3. The van der Waals surface area contributed by atoms with Crippen molar-refractivity contribution in [3.05, 3.63) is 65.2 Å². The van der Waals surface area contributed by atoms with E-state index in [2.05, 4.69) is 23.8 Å². The third-order valence-electron chi connectivity index (χ3n) is 12.4. The quantitative estimate of drug-likeness (QED) is 0.0564. The number of nitrogens with one attached hydrogen (secondary N) is 1. The van der Waals surface area contributed by atoms with E-state index < -0.39 is 0 Å². The van der Waals surface area contributed by atoms with Crippen LogP contribution in [0.5, 0.6) is 17.4 Å². The summed E-state index contributed by atoms with van der Waals surface area (Å²) in [4.78, 5) is 20.6. The van der Waals surface area contributed by atoms with Crippen LogP contribution in [0.4, 0.5) is 0 Å². The van der Waals surface area contributed by atoms with Crippen molar-refractivity contribution < 1.29 is 19.4 Å². The second-order valence-corrected chi connectivity index (χ2v) is 17.7. The fourth-order valence-corrected chi connectivity index (χ4v) is 8.68. The number of amides is 1. The molecular formula is C54H84N2O4. The number of aromatic nitrogens is 1. The van der Waals surface area contributed by atoms with Crippen molar-refractivity contribution in [2.45, 2.75) is 219 Å². The maximum absolute atomic E-state index is 13.2. The van der Waals surface area contributed by atoms with Crippen LogP contribution in [0.15, 0.2) is 53.5 Å². The zero-order chi connectivity index (χ0) is 42.3. The number of ether oxygens (including phenoxy) is 2. The molecule has 0 atom stereocenters. The molecule has 0 bridgehead atoms. The standard InChI is InChI=1S/C54H84N2O4/c1-3-5-7-9-11-13-15-17-19-21-23-25-27-29-31-33-43-59-47-39-35-45(36-40-47)51-49-50(54(58)55-51)52(56-53(49)57)46-37-41-48(42-38-46)60-44-34-32-30-28-26-24-22-20-18-16-14-12-10-8-6-4-2/h35-42,55,58H,3-34,43-44H2,1-2H3. The Bertz CT molecular complexity index is 1570. The number of rotatable bonds is 38. The van der Waals surface area contributed by atoms with Gasteiger partial charge < -0.3 is 19.6 Å². The molecule has 0 saturated heterocycles. The summed E-state index contributed by atoms with van der Waals surface area (Å²) in [6, 6.07) is 15.4. The molecule has 2 aromatic carbocycles. The van der Waals surface area contributed by atoms with Gasteiger partial charge in [0, 0.05) is 5.56 Å². The highest BCUT2D eigenvalue weighted by Gasteiger charge is 2.33.